The summed E-state index contributed by atoms with van der Waals surface area (Å²) in [5.41, 5.74) is 0.941. The average Bonchev–Trinajstić information content (AvgIpc) is 2.48. The molecular weight excluding hydrogens is 304 g/mol. The number of anilines is 1. The van der Waals surface area contributed by atoms with Gasteiger partial charge in [0.25, 0.3) is 0 Å². The Morgan fingerprint density at radius 1 is 1.24 bits per heavy atom. The molecule has 0 radical (unpaired) electrons. The minimum atomic E-state index is -3.41. The molecular formula is C15H24N2O2S2. The van der Waals surface area contributed by atoms with E-state index >= 15 is 0 Å². The van der Waals surface area contributed by atoms with Crippen molar-refractivity contribution >= 4 is 27.5 Å². The highest BCUT2D eigenvalue weighted by Gasteiger charge is 2.26. The molecule has 21 heavy (non-hydrogen) atoms. The standard InChI is InChI=1S/C15H24N2O2S2/c1-3-16-12-7-9-15(10-8-12)21(18,19)17-13-5-4-6-14(11-13)20-2/h7-10,13-14,16-17H,3-6,11H2,1-2H3. The Labute approximate surface area is 132 Å². The van der Waals surface area contributed by atoms with Crippen molar-refractivity contribution in [1.82, 2.24) is 4.72 Å². The fourth-order valence-electron chi connectivity index (χ4n) is 2.71. The second kappa shape index (κ2) is 7.51. The van der Waals surface area contributed by atoms with Gasteiger partial charge < -0.3 is 5.32 Å². The van der Waals surface area contributed by atoms with Crippen LogP contribution < -0.4 is 10.0 Å². The first-order valence-corrected chi connectivity index (χ1v) is 10.2. The summed E-state index contributed by atoms with van der Waals surface area (Å²) in [6, 6.07) is 7.01. The summed E-state index contributed by atoms with van der Waals surface area (Å²) in [6.45, 7) is 2.83. The fraction of sp³-hybridized carbons (Fsp3) is 0.600. The van der Waals surface area contributed by atoms with E-state index in [9.17, 15) is 8.42 Å². The van der Waals surface area contributed by atoms with Crippen molar-refractivity contribution in [1.29, 1.82) is 0 Å². The molecule has 1 aliphatic rings. The first-order valence-electron chi connectivity index (χ1n) is 7.44. The van der Waals surface area contributed by atoms with Gasteiger partial charge in [-0.05, 0) is 56.7 Å². The number of nitrogens with one attached hydrogen (secondary N) is 2. The van der Waals surface area contributed by atoms with Crippen molar-refractivity contribution < 1.29 is 8.42 Å². The number of benzene rings is 1. The average molecular weight is 329 g/mol. The van der Waals surface area contributed by atoms with Crippen LogP contribution >= 0.6 is 11.8 Å². The molecule has 6 heteroatoms. The molecule has 1 aliphatic carbocycles. The van der Waals surface area contributed by atoms with Crippen molar-refractivity contribution in [3.05, 3.63) is 24.3 Å². The zero-order valence-corrected chi connectivity index (χ0v) is 14.3. The Morgan fingerprint density at radius 2 is 1.95 bits per heavy atom. The molecule has 1 saturated carbocycles. The number of thioether (sulfide) groups is 1. The smallest absolute Gasteiger partial charge is 0.240 e. The van der Waals surface area contributed by atoms with Crippen LogP contribution in [0.15, 0.2) is 29.2 Å². The second-order valence-electron chi connectivity index (χ2n) is 5.40. The van der Waals surface area contributed by atoms with Crippen molar-refractivity contribution in [3.8, 4) is 0 Å². The molecule has 2 atom stereocenters. The van der Waals surface area contributed by atoms with Gasteiger partial charge in [0, 0.05) is 23.5 Å². The lowest BCUT2D eigenvalue weighted by Crippen LogP contribution is -2.39. The van der Waals surface area contributed by atoms with Gasteiger partial charge in [0.05, 0.1) is 4.90 Å². The van der Waals surface area contributed by atoms with Gasteiger partial charge >= 0.3 is 0 Å². The lowest BCUT2D eigenvalue weighted by Gasteiger charge is -2.28. The monoisotopic (exact) mass is 328 g/mol. The number of sulfonamides is 1. The van der Waals surface area contributed by atoms with Crippen LogP contribution in [0.25, 0.3) is 0 Å². The predicted octanol–water partition coefficient (Wildman–Crippen LogP) is 3.07. The van der Waals surface area contributed by atoms with E-state index in [1.807, 2.05) is 30.8 Å². The zero-order chi connectivity index (χ0) is 15.3. The summed E-state index contributed by atoms with van der Waals surface area (Å²) in [7, 11) is -3.41. The maximum Gasteiger partial charge on any atom is 0.240 e. The van der Waals surface area contributed by atoms with Crippen LogP contribution in [0.3, 0.4) is 0 Å². The third kappa shape index (κ3) is 4.63. The van der Waals surface area contributed by atoms with Gasteiger partial charge in [-0.2, -0.15) is 11.8 Å². The van der Waals surface area contributed by atoms with E-state index in [2.05, 4.69) is 16.3 Å². The fourth-order valence-corrected chi connectivity index (χ4v) is 4.82. The molecule has 2 N–H and O–H groups in total. The molecule has 0 heterocycles. The molecule has 4 nitrogen and oxygen atoms in total. The molecule has 0 aliphatic heterocycles. The Kier molecular flexibility index (Phi) is 5.96. The highest BCUT2D eigenvalue weighted by molar-refractivity contribution is 7.99. The molecule has 1 aromatic carbocycles. The summed E-state index contributed by atoms with van der Waals surface area (Å²) >= 11 is 1.84. The molecule has 1 fully saturated rings. The van der Waals surface area contributed by atoms with Crippen LogP contribution in [0, 0.1) is 0 Å². The van der Waals surface area contributed by atoms with Gasteiger partial charge in [-0.25, -0.2) is 13.1 Å². The minimum Gasteiger partial charge on any atom is -0.385 e. The first kappa shape index (κ1) is 16.6. The molecule has 0 amide bonds. The van der Waals surface area contributed by atoms with Gasteiger partial charge in [0.2, 0.25) is 10.0 Å². The Hall–Kier alpha value is -0.720. The zero-order valence-electron chi connectivity index (χ0n) is 12.6. The lowest BCUT2D eigenvalue weighted by atomic mass is 9.96. The number of hydrogen-bond acceptors (Lipinski definition) is 4. The van der Waals surface area contributed by atoms with Crippen molar-refractivity contribution in [2.24, 2.45) is 0 Å². The second-order valence-corrected chi connectivity index (χ2v) is 8.25. The van der Waals surface area contributed by atoms with E-state index in [-0.39, 0.29) is 6.04 Å². The molecule has 118 valence electrons. The SMILES string of the molecule is CCNc1ccc(S(=O)(=O)NC2CCCC(SC)C2)cc1. The van der Waals surface area contributed by atoms with E-state index in [1.165, 1.54) is 6.42 Å². The van der Waals surface area contributed by atoms with E-state index in [1.54, 1.807) is 12.1 Å². The topological polar surface area (TPSA) is 58.2 Å². The summed E-state index contributed by atoms with van der Waals surface area (Å²) < 4.78 is 27.7. The number of hydrogen-bond donors (Lipinski definition) is 2. The van der Waals surface area contributed by atoms with Crippen LogP contribution in [-0.2, 0) is 10.0 Å². The Morgan fingerprint density at radius 3 is 2.57 bits per heavy atom. The van der Waals surface area contributed by atoms with Crippen molar-refractivity contribution in [3.63, 3.8) is 0 Å². The van der Waals surface area contributed by atoms with Crippen molar-refractivity contribution in [2.45, 2.75) is 48.8 Å². The van der Waals surface area contributed by atoms with E-state index in [4.69, 9.17) is 0 Å². The third-order valence-electron chi connectivity index (χ3n) is 3.83. The molecule has 0 spiro atoms. The van der Waals surface area contributed by atoms with Crippen LogP contribution in [0.1, 0.15) is 32.6 Å². The van der Waals surface area contributed by atoms with Crippen LogP contribution in [0.2, 0.25) is 0 Å². The van der Waals surface area contributed by atoms with Gasteiger partial charge in [-0.3, -0.25) is 0 Å². The Bertz CT molecular complexity index is 543. The first-order chi connectivity index (χ1) is 10.0. The predicted molar refractivity (Wildman–Crippen MR) is 90.5 cm³/mol. The molecule has 0 bridgehead atoms. The van der Waals surface area contributed by atoms with Gasteiger partial charge in [0.15, 0.2) is 0 Å². The van der Waals surface area contributed by atoms with Gasteiger partial charge in [0.1, 0.15) is 0 Å². The maximum absolute atomic E-state index is 12.4. The normalized spacial score (nSPS) is 23.0. The van der Waals surface area contributed by atoms with E-state index in [0.29, 0.717) is 10.1 Å². The largest absolute Gasteiger partial charge is 0.385 e. The minimum absolute atomic E-state index is 0.0645. The maximum atomic E-state index is 12.4. The Balaban J connectivity index is 2.03. The molecule has 1 aromatic rings. The van der Waals surface area contributed by atoms with Crippen LogP contribution in [0.5, 0.6) is 0 Å². The molecule has 0 saturated heterocycles. The highest BCUT2D eigenvalue weighted by Crippen LogP contribution is 2.28. The van der Waals surface area contributed by atoms with Gasteiger partial charge in [-0.15, -0.1) is 0 Å². The summed E-state index contributed by atoms with van der Waals surface area (Å²) in [5.74, 6) is 0. The summed E-state index contributed by atoms with van der Waals surface area (Å²) in [5, 5.41) is 3.73. The summed E-state index contributed by atoms with van der Waals surface area (Å²) in [4.78, 5) is 0.343. The quantitative estimate of drug-likeness (QED) is 0.842. The van der Waals surface area contributed by atoms with E-state index < -0.39 is 10.0 Å². The third-order valence-corrected chi connectivity index (χ3v) is 6.46. The molecule has 0 aromatic heterocycles. The molecule has 2 unspecified atom stereocenters. The number of rotatable bonds is 6. The lowest BCUT2D eigenvalue weighted by molar-refractivity contribution is 0.421. The van der Waals surface area contributed by atoms with Crippen LogP contribution in [0.4, 0.5) is 5.69 Å². The van der Waals surface area contributed by atoms with Crippen LogP contribution in [-0.4, -0.2) is 32.5 Å². The van der Waals surface area contributed by atoms with Gasteiger partial charge in [-0.1, -0.05) is 6.42 Å². The molecule has 2 rings (SSSR count). The van der Waals surface area contributed by atoms with E-state index in [0.717, 1.165) is 31.5 Å². The highest BCUT2D eigenvalue weighted by atomic mass is 32.2. The summed E-state index contributed by atoms with van der Waals surface area (Å²) in [6.07, 6.45) is 6.25. The van der Waals surface area contributed by atoms with Crippen molar-refractivity contribution in [2.75, 3.05) is 18.1 Å².